The molecule has 1 heterocycles. The summed E-state index contributed by atoms with van der Waals surface area (Å²) in [6.07, 6.45) is 3.61. The predicted octanol–water partition coefficient (Wildman–Crippen LogP) is 3.29. The van der Waals surface area contributed by atoms with Crippen molar-refractivity contribution < 1.29 is 14.3 Å². The van der Waals surface area contributed by atoms with E-state index < -0.39 is 0 Å². The number of rotatable bonds is 8. The number of carbonyl (C=O) groups excluding carboxylic acids is 1. The van der Waals surface area contributed by atoms with Crippen LogP contribution in [0.2, 0.25) is 0 Å². The molecule has 1 aromatic heterocycles. The third-order valence-electron chi connectivity index (χ3n) is 4.05. The van der Waals surface area contributed by atoms with Gasteiger partial charge in [-0.15, -0.1) is 11.3 Å². The van der Waals surface area contributed by atoms with Crippen LogP contribution < -0.4 is 14.8 Å². The molecule has 0 saturated heterocycles. The third-order valence-corrected chi connectivity index (χ3v) is 5.11. The van der Waals surface area contributed by atoms with Gasteiger partial charge in [0.1, 0.15) is 0 Å². The molecule has 3 rings (SSSR count). The number of thiazole rings is 1. The average Bonchev–Trinajstić information content (AvgIpc) is 3.36. The first-order chi connectivity index (χ1) is 11.7. The molecule has 1 amide bonds. The van der Waals surface area contributed by atoms with E-state index in [9.17, 15) is 4.79 Å². The number of aryl methyl sites for hydroxylation is 1. The Morgan fingerprint density at radius 3 is 2.79 bits per heavy atom. The minimum atomic E-state index is 0.0331. The smallest absolute Gasteiger partial charge is 0.220 e. The summed E-state index contributed by atoms with van der Waals surface area (Å²) in [5, 5.41) is 6.20. The second-order valence-electron chi connectivity index (χ2n) is 5.92. The second-order valence-corrected chi connectivity index (χ2v) is 6.81. The Morgan fingerprint density at radius 1 is 1.29 bits per heavy atom. The SMILES string of the molecule is COc1ccc(CCC(=O)NCc2csc(C3CC3)n2)cc1OC. The molecule has 5 nitrogen and oxygen atoms in total. The molecule has 1 N–H and O–H groups in total. The fourth-order valence-electron chi connectivity index (χ4n) is 2.49. The number of aromatic nitrogens is 1. The van der Waals surface area contributed by atoms with Gasteiger partial charge in [-0.25, -0.2) is 4.98 Å². The average molecular weight is 346 g/mol. The zero-order valence-corrected chi connectivity index (χ0v) is 14.8. The number of hydrogen-bond acceptors (Lipinski definition) is 5. The number of ether oxygens (including phenoxy) is 2. The fourth-order valence-corrected chi connectivity index (χ4v) is 3.48. The Kier molecular flexibility index (Phi) is 5.35. The monoisotopic (exact) mass is 346 g/mol. The van der Waals surface area contributed by atoms with Crippen molar-refractivity contribution in [1.29, 1.82) is 0 Å². The van der Waals surface area contributed by atoms with Crippen molar-refractivity contribution in [3.63, 3.8) is 0 Å². The lowest BCUT2D eigenvalue weighted by Crippen LogP contribution is -2.23. The van der Waals surface area contributed by atoms with Gasteiger partial charge < -0.3 is 14.8 Å². The van der Waals surface area contributed by atoms with Crippen molar-refractivity contribution >= 4 is 17.2 Å². The largest absolute Gasteiger partial charge is 0.493 e. The Balaban J connectivity index is 1.46. The van der Waals surface area contributed by atoms with E-state index in [0.717, 1.165) is 11.3 Å². The highest BCUT2D eigenvalue weighted by atomic mass is 32.1. The van der Waals surface area contributed by atoms with Gasteiger partial charge >= 0.3 is 0 Å². The molecule has 1 aromatic carbocycles. The lowest BCUT2D eigenvalue weighted by molar-refractivity contribution is -0.121. The van der Waals surface area contributed by atoms with Crippen LogP contribution in [0.1, 0.15) is 41.4 Å². The molecular weight excluding hydrogens is 324 g/mol. The van der Waals surface area contributed by atoms with Crippen LogP contribution in [0.15, 0.2) is 23.6 Å². The minimum Gasteiger partial charge on any atom is -0.493 e. The molecule has 1 saturated carbocycles. The highest BCUT2D eigenvalue weighted by Gasteiger charge is 2.26. The van der Waals surface area contributed by atoms with Crippen molar-refractivity contribution in [1.82, 2.24) is 10.3 Å². The molecule has 0 spiro atoms. The van der Waals surface area contributed by atoms with Crippen LogP contribution in [0, 0.1) is 0 Å². The van der Waals surface area contributed by atoms with E-state index in [1.54, 1.807) is 25.6 Å². The van der Waals surface area contributed by atoms with Gasteiger partial charge in [0.2, 0.25) is 5.91 Å². The van der Waals surface area contributed by atoms with Crippen molar-refractivity contribution in [2.45, 2.75) is 38.1 Å². The van der Waals surface area contributed by atoms with Crippen LogP contribution >= 0.6 is 11.3 Å². The number of methoxy groups -OCH3 is 2. The van der Waals surface area contributed by atoms with E-state index in [1.165, 1.54) is 17.8 Å². The Labute approximate surface area is 146 Å². The Morgan fingerprint density at radius 2 is 2.08 bits per heavy atom. The first-order valence-electron chi connectivity index (χ1n) is 8.11. The highest BCUT2D eigenvalue weighted by molar-refractivity contribution is 7.09. The van der Waals surface area contributed by atoms with Gasteiger partial charge in [-0.05, 0) is 37.0 Å². The molecule has 6 heteroatoms. The number of benzene rings is 1. The van der Waals surface area contributed by atoms with Gasteiger partial charge in [-0.3, -0.25) is 4.79 Å². The molecule has 0 radical (unpaired) electrons. The fraction of sp³-hybridized carbons (Fsp3) is 0.444. The van der Waals surface area contributed by atoms with Gasteiger partial charge in [0.25, 0.3) is 0 Å². The van der Waals surface area contributed by atoms with Crippen molar-refractivity contribution in [2.75, 3.05) is 14.2 Å². The summed E-state index contributed by atoms with van der Waals surface area (Å²) in [6.45, 7) is 0.508. The van der Waals surface area contributed by atoms with Gasteiger partial charge in [-0.2, -0.15) is 0 Å². The molecule has 24 heavy (non-hydrogen) atoms. The van der Waals surface area contributed by atoms with E-state index in [4.69, 9.17) is 9.47 Å². The lowest BCUT2D eigenvalue weighted by Gasteiger charge is -2.09. The zero-order valence-electron chi connectivity index (χ0n) is 14.0. The van der Waals surface area contributed by atoms with Crippen molar-refractivity contribution in [3.05, 3.63) is 39.8 Å². The van der Waals surface area contributed by atoms with E-state index in [0.29, 0.717) is 36.8 Å². The van der Waals surface area contributed by atoms with Gasteiger partial charge in [0.15, 0.2) is 11.5 Å². The van der Waals surface area contributed by atoms with E-state index in [1.807, 2.05) is 23.6 Å². The van der Waals surface area contributed by atoms with Gasteiger partial charge in [0, 0.05) is 17.7 Å². The Hall–Kier alpha value is -2.08. The quantitative estimate of drug-likeness (QED) is 0.797. The summed E-state index contributed by atoms with van der Waals surface area (Å²) in [5.74, 6) is 2.08. The van der Waals surface area contributed by atoms with Crippen LogP contribution in [-0.4, -0.2) is 25.1 Å². The molecule has 0 aliphatic heterocycles. The number of amides is 1. The molecule has 1 fully saturated rings. The normalized spacial score (nSPS) is 13.6. The second kappa shape index (κ2) is 7.66. The first-order valence-corrected chi connectivity index (χ1v) is 8.99. The summed E-state index contributed by atoms with van der Waals surface area (Å²) < 4.78 is 10.5. The molecule has 1 aliphatic carbocycles. The van der Waals surface area contributed by atoms with Gasteiger partial charge in [-0.1, -0.05) is 6.07 Å². The third kappa shape index (κ3) is 4.26. The molecule has 0 unspecified atom stereocenters. The number of hydrogen-bond donors (Lipinski definition) is 1. The van der Waals surface area contributed by atoms with E-state index in [-0.39, 0.29) is 5.91 Å². The summed E-state index contributed by atoms with van der Waals surface area (Å²) in [6, 6.07) is 5.73. The van der Waals surface area contributed by atoms with Gasteiger partial charge in [0.05, 0.1) is 31.5 Å². The first kappa shape index (κ1) is 16.8. The van der Waals surface area contributed by atoms with Crippen LogP contribution in [0.3, 0.4) is 0 Å². The molecule has 0 bridgehead atoms. The lowest BCUT2D eigenvalue weighted by atomic mass is 10.1. The number of carbonyl (C=O) groups is 1. The van der Waals surface area contributed by atoms with E-state index >= 15 is 0 Å². The maximum Gasteiger partial charge on any atom is 0.220 e. The molecule has 1 aliphatic rings. The molecule has 128 valence electrons. The van der Waals surface area contributed by atoms with Crippen LogP contribution in [0.4, 0.5) is 0 Å². The molecule has 0 atom stereocenters. The molecular formula is C18H22N2O3S. The maximum absolute atomic E-state index is 12.0. The summed E-state index contributed by atoms with van der Waals surface area (Å²) in [7, 11) is 3.22. The highest BCUT2D eigenvalue weighted by Crippen LogP contribution is 2.41. The predicted molar refractivity (Wildman–Crippen MR) is 93.8 cm³/mol. The zero-order chi connectivity index (χ0) is 16.9. The number of nitrogens with zero attached hydrogens (tertiary/aromatic N) is 1. The van der Waals surface area contributed by atoms with Crippen molar-refractivity contribution in [3.8, 4) is 11.5 Å². The summed E-state index contributed by atoms with van der Waals surface area (Å²) in [5.41, 5.74) is 2.01. The van der Waals surface area contributed by atoms with Crippen LogP contribution in [0.5, 0.6) is 11.5 Å². The molecule has 2 aromatic rings. The maximum atomic E-state index is 12.0. The minimum absolute atomic E-state index is 0.0331. The van der Waals surface area contributed by atoms with Crippen LogP contribution in [-0.2, 0) is 17.8 Å². The van der Waals surface area contributed by atoms with E-state index in [2.05, 4.69) is 10.3 Å². The number of nitrogens with one attached hydrogen (secondary N) is 1. The van der Waals surface area contributed by atoms with Crippen LogP contribution in [0.25, 0.3) is 0 Å². The summed E-state index contributed by atoms with van der Waals surface area (Å²) >= 11 is 1.70. The topological polar surface area (TPSA) is 60.5 Å². The standard InChI is InChI=1S/C18H22N2O3S/c1-22-15-7-3-12(9-16(15)23-2)4-8-17(21)19-10-14-11-24-18(20-14)13-5-6-13/h3,7,9,11,13H,4-6,8,10H2,1-2H3,(H,19,21). The summed E-state index contributed by atoms with van der Waals surface area (Å²) in [4.78, 5) is 16.6. The Bertz CT molecular complexity index is 710. The van der Waals surface area contributed by atoms with Crippen molar-refractivity contribution in [2.24, 2.45) is 0 Å².